The zero-order valence-electron chi connectivity index (χ0n) is 13.3. The van der Waals surface area contributed by atoms with E-state index in [9.17, 15) is 9.59 Å². The molecule has 1 N–H and O–H groups in total. The maximum Gasteiger partial charge on any atom is 0.240 e. The van der Waals surface area contributed by atoms with Crippen LogP contribution >= 0.6 is 0 Å². The van der Waals surface area contributed by atoms with Gasteiger partial charge in [-0.3, -0.25) is 9.59 Å². The summed E-state index contributed by atoms with van der Waals surface area (Å²) in [7, 11) is 4.60. The quantitative estimate of drug-likeness (QED) is 0.719. The molecule has 2 amide bonds. The van der Waals surface area contributed by atoms with Crippen molar-refractivity contribution in [1.82, 2.24) is 5.32 Å². The van der Waals surface area contributed by atoms with Crippen molar-refractivity contribution in [2.24, 2.45) is 0 Å². The van der Waals surface area contributed by atoms with E-state index in [4.69, 9.17) is 14.2 Å². The van der Waals surface area contributed by atoms with Crippen LogP contribution in [0.4, 0.5) is 5.69 Å². The molecule has 0 spiro atoms. The minimum absolute atomic E-state index is 0.0749. The maximum absolute atomic E-state index is 11.9. The van der Waals surface area contributed by atoms with Crippen molar-refractivity contribution in [2.45, 2.75) is 6.92 Å². The van der Waals surface area contributed by atoms with E-state index in [2.05, 4.69) is 5.32 Å². The molecule has 0 aliphatic rings. The van der Waals surface area contributed by atoms with Crippen LogP contribution in [0.5, 0.6) is 11.5 Å². The van der Waals surface area contributed by atoms with Gasteiger partial charge in [-0.15, -0.1) is 0 Å². The Labute approximate surface area is 130 Å². The summed E-state index contributed by atoms with van der Waals surface area (Å²) in [5.41, 5.74) is 0.562. The molecule has 0 bridgehead atoms. The Bertz CT molecular complexity index is 519. The number of nitrogens with one attached hydrogen (secondary N) is 1. The van der Waals surface area contributed by atoms with Crippen molar-refractivity contribution in [3.05, 3.63) is 18.2 Å². The number of rotatable bonds is 8. The first kappa shape index (κ1) is 17.8. The third kappa shape index (κ3) is 4.92. The smallest absolute Gasteiger partial charge is 0.240 e. The molecule has 0 aromatic heterocycles. The Balaban J connectivity index is 2.87. The van der Waals surface area contributed by atoms with Crippen LogP contribution < -0.4 is 19.7 Å². The second-order valence-electron chi connectivity index (χ2n) is 4.49. The molecule has 0 radical (unpaired) electrons. The lowest BCUT2D eigenvalue weighted by atomic mass is 10.2. The second-order valence-corrected chi connectivity index (χ2v) is 4.49. The number of methoxy groups -OCH3 is 3. The predicted octanol–water partition coefficient (Wildman–Crippen LogP) is 0.819. The van der Waals surface area contributed by atoms with Gasteiger partial charge < -0.3 is 24.4 Å². The summed E-state index contributed by atoms with van der Waals surface area (Å²) in [6.45, 7) is 2.14. The van der Waals surface area contributed by atoms with Crippen LogP contribution in [0.3, 0.4) is 0 Å². The summed E-state index contributed by atoms with van der Waals surface area (Å²) in [5.74, 6) is 0.543. The zero-order valence-corrected chi connectivity index (χ0v) is 13.3. The highest BCUT2D eigenvalue weighted by molar-refractivity contribution is 5.97. The third-order valence-corrected chi connectivity index (χ3v) is 2.99. The number of benzene rings is 1. The van der Waals surface area contributed by atoms with Crippen LogP contribution in [0.1, 0.15) is 6.92 Å². The number of hydrogen-bond acceptors (Lipinski definition) is 5. The lowest BCUT2D eigenvalue weighted by Gasteiger charge is -2.21. The van der Waals surface area contributed by atoms with E-state index in [0.29, 0.717) is 30.3 Å². The fraction of sp³-hybridized carbons (Fsp3) is 0.467. The van der Waals surface area contributed by atoms with Crippen molar-refractivity contribution in [2.75, 3.05) is 45.9 Å². The maximum atomic E-state index is 11.9. The largest absolute Gasteiger partial charge is 0.493 e. The molecule has 7 nitrogen and oxygen atoms in total. The van der Waals surface area contributed by atoms with Crippen LogP contribution in [0, 0.1) is 0 Å². The summed E-state index contributed by atoms with van der Waals surface area (Å²) in [6, 6.07) is 5.04. The highest BCUT2D eigenvalue weighted by Gasteiger charge is 2.17. The number of hydrogen-bond donors (Lipinski definition) is 1. The fourth-order valence-electron chi connectivity index (χ4n) is 1.87. The van der Waals surface area contributed by atoms with Crippen LogP contribution in [-0.2, 0) is 14.3 Å². The Hall–Kier alpha value is -2.28. The Morgan fingerprint density at radius 3 is 2.36 bits per heavy atom. The molecule has 1 aromatic carbocycles. The summed E-state index contributed by atoms with van der Waals surface area (Å²) in [4.78, 5) is 25.0. The fourth-order valence-corrected chi connectivity index (χ4v) is 1.87. The van der Waals surface area contributed by atoms with Gasteiger partial charge in [0.25, 0.3) is 0 Å². The highest BCUT2D eigenvalue weighted by atomic mass is 16.5. The third-order valence-electron chi connectivity index (χ3n) is 2.99. The van der Waals surface area contributed by atoms with Gasteiger partial charge in [0, 0.05) is 32.3 Å². The average Bonchev–Trinajstić information content (AvgIpc) is 2.52. The number of carbonyl (C=O) groups is 2. The van der Waals surface area contributed by atoms with Crippen LogP contribution in [0.2, 0.25) is 0 Å². The molecule has 0 saturated carbocycles. The minimum atomic E-state index is -0.262. The van der Waals surface area contributed by atoms with Gasteiger partial charge in [-0.05, 0) is 12.1 Å². The Morgan fingerprint density at radius 1 is 1.14 bits per heavy atom. The number of anilines is 1. The summed E-state index contributed by atoms with van der Waals surface area (Å²) in [6.07, 6.45) is 0. The normalized spacial score (nSPS) is 10.0. The van der Waals surface area contributed by atoms with Crippen molar-refractivity contribution in [3.63, 3.8) is 0 Å². The molecule has 0 fully saturated rings. The van der Waals surface area contributed by atoms with Crippen molar-refractivity contribution < 1.29 is 23.8 Å². The predicted molar refractivity (Wildman–Crippen MR) is 82.5 cm³/mol. The van der Waals surface area contributed by atoms with Gasteiger partial charge in [0.15, 0.2) is 11.5 Å². The number of amides is 2. The van der Waals surface area contributed by atoms with E-state index in [-0.39, 0.29) is 18.4 Å². The molecule has 0 atom stereocenters. The van der Waals surface area contributed by atoms with E-state index < -0.39 is 0 Å². The lowest BCUT2D eigenvalue weighted by Crippen LogP contribution is -2.40. The number of nitrogens with zero attached hydrogens (tertiary/aromatic N) is 1. The minimum Gasteiger partial charge on any atom is -0.493 e. The molecule has 0 aliphatic heterocycles. The monoisotopic (exact) mass is 310 g/mol. The van der Waals surface area contributed by atoms with Crippen LogP contribution in [0.15, 0.2) is 18.2 Å². The summed E-state index contributed by atoms with van der Waals surface area (Å²) >= 11 is 0. The second kappa shape index (κ2) is 8.89. The molecule has 7 heteroatoms. The molecule has 0 aliphatic carbocycles. The first-order valence-corrected chi connectivity index (χ1v) is 6.79. The molecule has 0 heterocycles. The molecule has 0 unspecified atom stereocenters. The summed E-state index contributed by atoms with van der Waals surface area (Å²) < 4.78 is 15.2. The van der Waals surface area contributed by atoms with E-state index in [1.807, 2.05) is 0 Å². The molecular formula is C15H22N2O5. The molecular weight excluding hydrogens is 288 g/mol. The Morgan fingerprint density at radius 2 is 1.82 bits per heavy atom. The van der Waals surface area contributed by atoms with E-state index in [1.165, 1.54) is 26.0 Å². The topological polar surface area (TPSA) is 77.1 Å². The SMILES string of the molecule is COCCNC(=O)CN(C(C)=O)c1ccc(OC)c(OC)c1. The van der Waals surface area contributed by atoms with Crippen LogP contribution in [-0.4, -0.2) is 52.8 Å². The van der Waals surface area contributed by atoms with Gasteiger partial charge in [-0.2, -0.15) is 0 Å². The zero-order chi connectivity index (χ0) is 16.5. The summed E-state index contributed by atoms with van der Waals surface area (Å²) in [5, 5.41) is 2.68. The van der Waals surface area contributed by atoms with E-state index in [1.54, 1.807) is 25.3 Å². The number of carbonyl (C=O) groups excluding carboxylic acids is 2. The number of ether oxygens (including phenoxy) is 3. The van der Waals surface area contributed by atoms with Crippen molar-refractivity contribution in [1.29, 1.82) is 0 Å². The molecule has 0 saturated heterocycles. The van der Waals surface area contributed by atoms with Gasteiger partial charge in [0.1, 0.15) is 6.54 Å². The first-order valence-electron chi connectivity index (χ1n) is 6.79. The molecule has 1 aromatic rings. The van der Waals surface area contributed by atoms with Crippen LogP contribution in [0.25, 0.3) is 0 Å². The van der Waals surface area contributed by atoms with Gasteiger partial charge >= 0.3 is 0 Å². The molecule has 122 valence electrons. The lowest BCUT2D eigenvalue weighted by molar-refractivity contribution is -0.123. The van der Waals surface area contributed by atoms with Gasteiger partial charge in [-0.25, -0.2) is 0 Å². The first-order chi connectivity index (χ1) is 10.5. The van der Waals surface area contributed by atoms with Crippen molar-refractivity contribution in [3.8, 4) is 11.5 Å². The standard InChI is InChI=1S/C15H22N2O5/c1-11(18)17(10-15(19)16-7-8-20-2)12-5-6-13(21-3)14(9-12)22-4/h5-6,9H,7-8,10H2,1-4H3,(H,16,19). The molecule has 22 heavy (non-hydrogen) atoms. The van der Waals surface area contributed by atoms with Crippen molar-refractivity contribution >= 4 is 17.5 Å². The van der Waals surface area contributed by atoms with Gasteiger partial charge in [0.2, 0.25) is 11.8 Å². The van der Waals surface area contributed by atoms with E-state index >= 15 is 0 Å². The van der Waals surface area contributed by atoms with E-state index in [0.717, 1.165) is 0 Å². The molecule has 1 rings (SSSR count). The van der Waals surface area contributed by atoms with Gasteiger partial charge in [0.05, 0.1) is 20.8 Å². The Kier molecular flexibility index (Phi) is 7.18. The average molecular weight is 310 g/mol. The van der Waals surface area contributed by atoms with Gasteiger partial charge in [-0.1, -0.05) is 0 Å². The highest BCUT2D eigenvalue weighted by Crippen LogP contribution is 2.31.